The summed E-state index contributed by atoms with van der Waals surface area (Å²) < 4.78 is 0. The highest BCUT2D eigenvalue weighted by molar-refractivity contribution is 5.77. The number of nitrogens with zero attached hydrogens (tertiary/aromatic N) is 2. The summed E-state index contributed by atoms with van der Waals surface area (Å²) in [7, 11) is 0. The Bertz CT molecular complexity index is 314. The Morgan fingerprint density at radius 3 is 2.61 bits per heavy atom. The van der Waals surface area contributed by atoms with Gasteiger partial charge in [-0.05, 0) is 19.3 Å². The number of likely N-dealkylation sites (tertiary alicyclic amines) is 1. The second-order valence-corrected chi connectivity index (χ2v) is 4.86. The van der Waals surface area contributed by atoms with Crippen LogP contribution in [0, 0.1) is 0 Å². The van der Waals surface area contributed by atoms with E-state index in [1.165, 1.54) is 0 Å². The second kappa shape index (κ2) is 6.04. The van der Waals surface area contributed by atoms with Gasteiger partial charge < -0.3 is 20.2 Å². The normalized spacial score (nSPS) is 21.3. The van der Waals surface area contributed by atoms with Crippen LogP contribution in [0.4, 0.5) is 4.79 Å². The average Bonchev–Trinajstić information content (AvgIpc) is 2.82. The van der Waals surface area contributed by atoms with Crippen molar-refractivity contribution in [1.29, 1.82) is 0 Å². The Kier molecular flexibility index (Phi) is 4.41. The summed E-state index contributed by atoms with van der Waals surface area (Å²) in [6.07, 6.45) is 2.68. The van der Waals surface area contributed by atoms with Crippen molar-refractivity contribution in [2.75, 3.05) is 32.8 Å². The minimum Gasteiger partial charge on any atom is -0.396 e. The van der Waals surface area contributed by atoms with Crippen LogP contribution in [0.1, 0.15) is 25.7 Å². The zero-order chi connectivity index (χ0) is 13.0. The SMILES string of the molecule is O=C(CCCO)N1CCC(N2CCNC2=O)CC1. The number of amides is 3. The third-order valence-electron chi connectivity index (χ3n) is 3.70. The molecular formula is C12H21N3O3. The topological polar surface area (TPSA) is 72.9 Å². The monoisotopic (exact) mass is 255 g/mol. The van der Waals surface area contributed by atoms with Gasteiger partial charge in [-0.2, -0.15) is 0 Å². The van der Waals surface area contributed by atoms with Gasteiger partial charge in [0.15, 0.2) is 0 Å². The quantitative estimate of drug-likeness (QED) is 0.729. The standard InChI is InChI=1S/C12H21N3O3/c16-9-1-2-11(17)14-6-3-10(4-7-14)15-8-5-13-12(15)18/h10,16H,1-9H2,(H,13,18). The first-order chi connectivity index (χ1) is 8.72. The van der Waals surface area contributed by atoms with Gasteiger partial charge in [-0.3, -0.25) is 4.79 Å². The Morgan fingerprint density at radius 2 is 2.06 bits per heavy atom. The largest absolute Gasteiger partial charge is 0.396 e. The Hall–Kier alpha value is -1.30. The zero-order valence-electron chi connectivity index (χ0n) is 10.6. The van der Waals surface area contributed by atoms with E-state index in [1.54, 1.807) is 0 Å². The van der Waals surface area contributed by atoms with Crippen LogP contribution < -0.4 is 5.32 Å². The number of rotatable bonds is 4. The highest BCUT2D eigenvalue weighted by Crippen LogP contribution is 2.18. The predicted octanol–water partition coefficient (Wildman–Crippen LogP) is -0.225. The molecule has 2 rings (SSSR count). The highest BCUT2D eigenvalue weighted by atomic mass is 16.3. The van der Waals surface area contributed by atoms with Crippen LogP contribution in [-0.2, 0) is 4.79 Å². The van der Waals surface area contributed by atoms with E-state index < -0.39 is 0 Å². The molecule has 0 unspecified atom stereocenters. The van der Waals surface area contributed by atoms with Gasteiger partial charge in [-0.15, -0.1) is 0 Å². The van der Waals surface area contributed by atoms with Crippen LogP contribution in [0.3, 0.4) is 0 Å². The molecule has 0 aromatic heterocycles. The summed E-state index contributed by atoms with van der Waals surface area (Å²) in [6, 6.07) is 0.300. The first-order valence-electron chi connectivity index (χ1n) is 6.65. The molecular weight excluding hydrogens is 234 g/mol. The molecule has 6 nitrogen and oxygen atoms in total. The molecule has 2 saturated heterocycles. The van der Waals surface area contributed by atoms with Gasteiger partial charge in [0, 0.05) is 45.2 Å². The van der Waals surface area contributed by atoms with Gasteiger partial charge in [0.05, 0.1) is 0 Å². The Balaban J connectivity index is 1.77. The summed E-state index contributed by atoms with van der Waals surface area (Å²) in [5.41, 5.74) is 0. The second-order valence-electron chi connectivity index (χ2n) is 4.86. The molecule has 0 aliphatic carbocycles. The fourth-order valence-corrected chi connectivity index (χ4v) is 2.65. The minimum atomic E-state index is 0.0278. The van der Waals surface area contributed by atoms with Crippen molar-refractivity contribution in [2.45, 2.75) is 31.7 Å². The third-order valence-corrected chi connectivity index (χ3v) is 3.70. The molecule has 2 aliphatic rings. The maximum atomic E-state index is 11.8. The molecule has 0 spiro atoms. The maximum absolute atomic E-state index is 11.8. The molecule has 2 fully saturated rings. The van der Waals surface area contributed by atoms with Crippen LogP contribution in [0.25, 0.3) is 0 Å². The lowest BCUT2D eigenvalue weighted by atomic mass is 10.0. The molecule has 3 amide bonds. The van der Waals surface area contributed by atoms with Gasteiger partial charge >= 0.3 is 6.03 Å². The molecule has 2 N–H and O–H groups in total. The van der Waals surface area contributed by atoms with E-state index in [1.807, 2.05) is 9.80 Å². The zero-order valence-corrected chi connectivity index (χ0v) is 10.6. The number of piperidine rings is 1. The Labute approximate surface area is 107 Å². The maximum Gasteiger partial charge on any atom is 0.317 e. The van der Waals surface area contributed by atoms with Crippen molar-refractivity contribution >= 4 is 11.9 Å². The highest BCUT2D eigenvalue weighted by Gasteiger charge is 2.31. The van der Waals surface area contributed by atoms with Crippen LogP contribution in [-0.4, -0.2) is 65.7 Å². The number of hydrogen-bond donors (Lipinski definition) is 2. The van der Waals surface area contributed by atoms with Gasteiger partial charge in [-0.1, -0.05) is 0 Å². The van der Waals surface area contributed by atoms with Gasteiger partial charge in [0.2, 0.25) is 5.91 Å². The van der Waals surface area contributed by atoms with E-state index in [9.17, 15) is 9.59 Å². The van der Waals surface area contributed by atoms with Crippen LogP contribution in [0.5, 0.6) is 0 Å². The van der Waals surface area contributed by atoms with Gasteiger partial charge in [0.25, 0.3) is 0 Å². The number of urea groups is 1. The molecule has 2 heterocycles. The molecule has 2 aliphatic heterocycles. The summed E-state index contributed by atoms with van der Waals surface area (Å²) in [5, 5.41) is 11.5. The predicted molar refractivity (Wildman–Crippen MR) is 66.0 cm³/mol. The molecule has 0 aromatic rings. The van der Waals surface area contributed by atoms with Crippen molar-refractivity contribution in [1.82, 2.24) is 15.1 Å². The van der Waals surface area contributed by atoms with Crippen molar-refractivity contribution in [2.24, 2.45) is 0 Å². The lowest BCUT2D eigenvalue weighted by Gasteiger charge is -2.36. The van der Waals surface area contributed by atoms with Crippen LogP contribution in [0.15, 0.2) is 0 Å². The fourth-order valence-electron chi connectivity index (χ4n) is 2.65. The molecule has 102 valence electrons. The van der Waals surface area contributed by atoms with E-state index in [2.05, 4.69) is 5.32 Å². The first-order valence-corrected chi connectivity index (χ1v) is 6.65. The van der Waals surface area contributed by atoms with Crippen molar-refractivity contribution < 1.29 is 14.7 Å². The minimum absolute atomic E-state index is 0.0278. The molecule has 6 heteroatoms. The van der Waals surface area contributed by atoms with Crippen molar-refractivity contribution in [3.05, 3.63) is 0 Å². The smallest absolute Gasteiger partial charge is 0.317 e. The van der Waals surface area contributed by atoms with Crippen molar-refractivity contribution in [3.8, 4) is 0 Å². The molecule has 0 radical (unpaired) electrons. The number of aliphatic hydroxyl groups excluding tert-OH is 1. The first kappa shape index (κ1) is 13.1. The van der Waals surface area contributed by atoms with E-state index in [4.69, 9.17) is 5.11 Å². The van der Waals surface area contributed by atoms with E-state index >= 15 is 0 Å². The lowest BCUT2D eigenvalue weighted by Crippen LogP contribution is -2.47. The summed E-state index contributed by atoms with van der Waals surface area (Å²) >= 11 is 0. The fraction of sp³-hybridized carbons (Fsp3) is 0.833. The van der Waals surface area contributed by atoms with Crippen LogP contribution >= 0.6 is 0 Å². The molecule has 18 heavy (non-hydrogen) atoms. The van der Waals surface area contributed by atoms with Gasteiger partial charge in [-0.25, -0.2) is 4.79 Å². The number of hydrogen-bond acceptors (Lipinski definition) is 3. The molecule has 0 atom stereocenters. The van der Waals surface area contributed by atoms with E-state index in [0.717, 1.165) is 39.0 Å². The number of nitrogens with one attached hydrogen (secondary N) is 1. The van der Waals surface area contributed by atoms with Gasteiger partial charge in [0.1, 0.15) is 0 Å². The number of carbonyl (C=O) groups excluding carboxylic acids is 2. The lowest BCUT2D eigenvalue weighted by molar-refractivity contribution is -0.132. The summed E-state index contributed by atoms with van der Waals surface area (Å²) in [6.45, 7) is 3.02. The molecule has 0 aromatic carbocycles. The summed E-state index contributed by atoms with van der Waals surface area (Å²) in [4.78, 5) is 27.0. The summed E-state index contributed by atoms with van der Waals surface area (Å²) in [5.74, 6) is 0.119. The van der Waals surface area contributed by atoms with E-state index in [-0.39, 0.29) is 24.6 Å². The molecule has 0 bridgehead atoms. The van der Waals surface area contributed by atoms with Crippen molar-refractivity contribution in [3.63, 3.8) is 0 Å². The number of carbonyl (C=O) groups is 2. The van der Waals surface area contributed by atoms with Crippen LogP contribution in [0.2, 0.25) is 0 Å². The molecule has 0 saturated carbocycles. The van der Waals surface area contributed by atoms with E-state index in [0.29, 0.717) is 12.8 Å². The Morgan fingerprint density at radius 1 is 1.33 bits per heavy atom. The third kappa shape index (κ3) is 2.93. The number of aliphatic hydroxyl groups is 1. The average molecular weight is 255 g/mol.